The first-order valence-electron chi connectivity index (χ1n) is 2.25. The topological polar surface area (TPSA) is 26.3 Å². The van der Waals surface area contributed by atoms with Crippen molar-refractivity contribution in [2.45, 2.75) is 10.5 Å². The van der Waals surface area contributed by atoms with Crippen LogP contribution in [0.15, 0.2) is 0 Å². The molecule has 2 nitrogen and oxygen atoms in total. The van der Waals surface area contributed by atoms with Gasteiger partial charge in [0.2, 0.25) is 4.33 Å². The molecule has 0 aliphatic carbocycles. The number of alkyl halides is 5. The van der Waals surface area contributed by atoms with Crippen LogP contribution in [0.25, 0.3) is 0 Å². The standard InChI is InChI=1S/C4H2Cl2F3O2/c5-3(6,1-11-2-10)4(7,8)9/h1H2. The third kappa shape index (κ3) is 3.16. The van der Waals surface area contributed by atoms with Gasteiger partial charge in [0, 0.05) is 0 Å². The van der Waals surface area contributed by atoms with Gasteiger partial charge in [0.15, 0.2) is 0 Å². The zero-order chi connectivity index (χ0) is 9.12. The quantitative estimate of drug-likeness (QED) is 0.664. The number of halogens is 5. The van der Waals surface area contributed by atoms with Crippen LogP contribution in [0.3, 0.4) is 0 Å². The molecule has 0 amide bonds. The van der Waals surface area contributed by atoms with E-state index >= 15 is 0 Å². The highest BCUT2D eigenvalue weighted by Crippen LogP contribution is 2.39. The Morgan fingerprint density at radius 3 is 2.09 bits per heavy atom. The van der Waals surface area contributed by atoms with E-state index < -0.39 is 17.1 Å². The number of ether oxygens (including phenoxy) is 1. The number of carbonyl (C=O) groups excluding carboxylic acids is 1. The van der Waals surface area contributed by atoms with Crippen LogP contribution >= 0.6 is 23.2 Å². The first-order chi connectivity index (χ1) is 4.81. The van der Waals surface area contributed by atoms with E-state index in [9.17, 15) is 18.0 Å². The van der Waals surface area contributed by atoms with Crippen LogP contribution in [-0.4, -0.2) is 23.6 Å². The molecule has 0 unspecified atom stereocenters. The second kappa shape index (κ2) is 3.49. The molecule has 0 saturated heterocycles. The van der Waals surface area contributed by atoms with Crippen LogP contribution in [-0.2, 0) is 9.53 Å². The molecule has 65 valence electrons. The Hall–Kier alpha value is -0.160. The van der Waals surface area contributed by atoms with E-state index in [1.165, 1.54) is 0 Å². The van der Waals surface area contributed by atoms with E-state index in [0.29, 0.717) is 0 Å². The molecule has 7 heteroatoms. The summed E-state index contributed by atoms with van der Waals surface area (Å²) in [6.07, 6.45) is -4.83. The number of hydrogen-bond acceptors (Lipinski definition) is 2. The normalized spacial score (nSPS) is 12.8. The van der Waals surface area contributed by atoms with Gasteiger partial charge in [-0.25, -0.2) is 4.79 Å². The molecule has 0 spiro atoms. The lowest BCUT2D eigenvalue weighted by Crippen LogP contribution is -2.38. The molecule has 0 aliphatic heterocycles. The molecule has 0 aromatic carbocycles. The SMILES string of the molecule is O=[C]OCC(Cl)(Cl)C(F)(F)F. The Kier molecular flexibility index (Phi) is 3.44. The molecule has 0 aliphatic rings. The smallest absolute Gasteiger partial charge is 0.424 e. The van der Waals surface area contributed by atoms with Gasteiger partial charge in [-0.3, -0.25) is 0 Å². The highest BCUT2D eigenvalue weighted by atomic mass is 35.5. The lowest BCUT2D eigenvalue weighted by atomic mass is 10.4. The largest absolute Gasteiger partial charge is 0.454 e. The van der Waals surface area contributed by atoms with E-state index in [2.05, 4.69) is 4.74 Å². The van der Waals surface area contributed by atoms with Crippen molar-refractivity contribution in [3.8, 4) is 0 Å². The van der Waals surface area contributed by atoms with Crippen molar-refractivity contribution in [3.63, 3.8) is 0 Å². The van der Waals surface area contributed by atoms with Crippen LogP contribution in [0.4, 0.5) is 13.2 Å². The predicted octanol–water partition coefficient (Wildman–Crippen LogP) is 1.81. The Balaban J connectivity index is 4.10. The molecule has 0 aromatic heterocycles. The van der Waals surface area contributed by atoms with Gasteiger partial charge < -0.3 is 4.74 Å². The van der Waals surface area contributed by atoms with Gasteiger partial charge in [0.25, 0.3) is 0 Å². The van der Waals surface area contributed by atoms with Crippen LogP contribution in [0.5, 0.6) is 0 Å². The number of rotatable bonds is 3. The second-order valence-electron chi connectivity index (χ2n) is 1.57. The van der Waals surface area contributed by atoms with E-state index in [0.717, 1.165) is 6.47 Å². The van der Waals surface area contributed by atoms with E-state index in [1.807, 2.05) is 0 Å². The fourth-order valence-electron chi connectivity index (χ4n) is 0.202. The Labute approximate surface area is 70.2 Å². The zero-order valence-corrected chi connectivity index (χ0v) is 6.43. The molecule has 0 fully saturated rings. The summed E-state index contributed by atoms with van der Waals surface area (Å²) in [5, 5.41) is 0. The van der Waals surface area contributed by atoms with Crippen LogP contribution in [0.1, 0.15) is 0 Å². The van der Waals surface area contributed by atoms with Gasteiger partial charge >= 0.3 is 12.6 Å². The summed E-state index contributed by atoms with van der Waals surface area (Å²) in [6, 6.07) is 0. The summed E-state index contributed by atoms with van der Waals surface area (Å²) in [7, 11) is 0. The van der Waals surface area contributed by atoms with Crippen molar-refractivity contribution in [1.29, 1.82) is 0 Å². The van der Waals surface area contributed by atoms with Gasteiger partial charge in [-0.2, -0.15) is 13.2 Å². The molecule has 0 atom stereocenters. The van der Waals surface area contributed by atoms with Crippen LogP contribution in [0, 0.1) is 0 Å². The minimum absolute atomic E-state index is 0.777. The zero-order valence-electron chi connectivity index (χ0n) is 4.91. The molecule has 1 radical (unpaired) electrons. The molecule has 0 saturated carbocycles. The van der Waals surface area contributed by atoms with Crippen molar-refractivity contribution >= 4 is 29.7 Å². The molecular weight excluding hydrogens is 208 g/mol. The first kappa shape index (κ1) is 10.8. The van der Waals surface area contributed by atoms with Gasteiger partial charge in [0.1, 0.15) is 6.61 Å². The maximum absolute atomic E-state index is 11.7. The minimum atomic E-state index is -4.83. The minimum Gasteiger partial charge on any atom is -0.454 e. The lowest BCUT2D eigenvalue weighted by molar-refractivity contribution is -0.147. The van der Waals surface area contributed by atoms with Crippen molar-refractivity contribution < 1.29 is 22.7 Å². The molecule has 0 rings (SSSR count). The van der Waals surface area contributed by atoms with Crippen molar-refractivity contribution in [1.82, 2.24) is 0 Å². The number of hydrogen-bond donors (Lipinski definition) is 0. The summed E-state index contributed by atoms with van der Waals surface area (Å²) in [4.78, 5) is 9.35. The Morgan fingerprint density at radius 1 is 1.36 bits per heavy atom. The summed E-state index contributed by atoms with van der Waals surface area (Å²) >= 11 is 9.46. The van der Waals surface area contributed by atoms with Crippen molar-refractivity contribution in [2.75, 3.05) is 6.61 Å². The molecule has 11 heavy (non-hydrogen) atoms. The molecule has 0 heterocycles. The Bertz CT molecular complexity index is 145. The summed E-state index contributed by atoms with van der Waals surface area (Å²) in [6.45, 7) is -0.387. The maximum Gasteiger partial charge on any atom is 0.424 e. The molecule has 0 N–H and O–H groups in total. The van der Waals surface area contributed by atoms with E-state index in [1.54, 1.807) is 0 Å². The average Bonchev–Trinajstić information content (AvgIpc) is 1.81. The first-order valence-corrected chi connectivity index (χ1v) is 3.00. The highest BCUT2D eigenvalue weighted by Gasteiger charge is 2.53. The highest BCUT2D eigenvalue weighted by molar-refractivity contribution is 6.49. The van der Waals surface area contributed by atoms with Crippen molar-refractivity contribution in [2.24, 2.45) is 0 Å². The van der Waals surface area contributed by atoms with Crippen LogP contribution in [0.2, 0.25) is 0 Å². The van der Waals surface area contributed by atoms with E-state index in [-0.39, 0.29) is 0 Å². The fraction of sp³-hybridized carbons (Fsp3) is 0.750. The van der Waals surface area contributed by atoms with Gasteiger partial charge in [-0.1, -0.05) is 23.2 Å². The Morgan fingerprint density at radius 2 is 1.82 bits per heavy atom. The maximum atomic E-state index is 11.7. The molecule has 0 aromatic rings. The third-order valence-electron chi connectivity index (χ3n) is 0.727. The summed E-state index contributed by atoms with van der Waals surface area (Å²) in [5.74, 6) is 0. The average molecular weight is 210 g/mol. The van der Waals surface area contributed by atoms with Crippen molar-refractivity contribution in [3.05, 3.63) is 0 Å². The monoisotopic (exact) mass is 209 g/mol. The van der Waals surface area contributed by atoms with Gasteiger partial charge in [-0.15, -0.1) is 0 Å². The lowest BCUT2D eigenvalue weighted by Gasteiger charge is -2.20. The van der Waals surface area contributed by atoms with Gasteiger partial charge in [-0.05, 0) is 0 Å². The molecular formula is C4H2Cl2F3O2. The summed E-state index contributed by atoms with van der Waals surface area (Å²) in [5.41, 5.74) is 0. The van der Waals surface area contributed by atoms with E-state index in [4.69, 9.17) is 23.2 Å². The summed E-state index contributed by atoms with van der Waals surface area (Å²) < 4.78 is 35.6. The second-order valence-corrected chi connectivity index (χ2v) is 3.06. The fourth-order valence-corrected chi connectivity index (χ4v) is 0.311. The van der Waals surface area contributed by atoms with Crippen LogP contribution < -0.4 is 0 Å². The molecule has 0 bridgehead atoms. The van der Waals surface area contributed by atoms with Gasteiger partial charge in [0.05, 0.1) is 0 Å². The third-order valence-corrected chi connectivity index (χ3v) is 1.37. The predicted molar refractivity (Wildman–Crippen MR) is 32.1 cm³/mol.